The van der Waals surface area contributed by atoms with Gasteiger partial charge in [-0.05, 0) is 35.4 Å². The molecule has 134 valence electrons. The highest BCUT2D eigenvalue weighted by atomic mass is 32.1. The Bertz CT molecular complexity index is 1030. The van der Waals surface area contributed by atoms with E-state index in [0.29, 0.717) is 12.2 Å². The molecule has 0 spiro atoms. The highest BCUT2D eigenvalue weighted by Gasteiger charge is 2.30. The summed E-state index contributed by atoms with van der Waals surface area (Å²) >= 11 is 1.58. The smallest absolute Gasteiger partial charge is 0.225 e. The number of terminal acetylenes is 1. The van der Waals surface area contributed by atoms with E-state index in [0.717, 1.165) is 27.3 Å². The summed E-state index contributed by atoms with van der Waals surface area (Å²) in [5.74, 6) is 2.75. The first kappa shape index (κ1) is 17.3. The third kappa shape index (κ3) is 3.44. The average molecular weight is 377 g/mol. The zero-order valence-corrected chi connectivity index (χ0v) is 15.2. The predicted molar refractivity (Wildman–Crippen MR) is 106 cm³/mol. The Morgan fingerprint density at radius 1 is 1.26 bits per heavy atom. The molecule has 3 nitrogen and oxygen atoms in total. The summed E-state index contributed by atoms with van der Waals surface area (Å²) in [6.45, 7) is 0.219. The number of ether oxygens (including phenoxy) is 1. The molecule has 5 heteroatoms. The van der Waals surface area contributed by atoms with Crippen LogP contribution in [0.5, 0.6) is 5.75 Å². The highest BCUT2D eigenvalue weighted by molar-refractivity contribution is 7.11. The Morgan fingerprint density at radius 2 is 2.07 bits per heavy atom. The first-order valence-electron chi connectivity index (χ1n) is 8.49. The van der Waals surface area contributed by atoms with Crippen LogP contribution in [0.15, 0.2) is 53.9 Å². The Balaban J connectivity index is 1.70. The van der Waals surface area contributed by atoms with Crippen LogP contribution in [0, 0.1) is 18.2 Å². The molecular weight excluding hydrogens is 361 g/mol. The van der Waals surface area contributed by atoms with Crippen molar-refractivity contribution in [3.05, 3.63) is 70.2 Å². The van der Waals surface area contributed by atoms with Crippen molar-refractivity contribution in [3.63, 3.8) is 0 Å². The topological polar surface area (TPSA) is 38.3 Å². The molecule has 2 aromatic carbocycles. The minimum absolute atomic E-state index is 0.0391. The molecule has 0 unspecified atom stereocenters. The lowest BCUT2D eigenvalue weighted by molar-refractivity contribution is -0.116. The van der Waals surface area contributed by atoms with Gasteiger partial charge in [0.1, 0.15) is 18.2 Å². The molecule has 1 aliphatic rings. The second-order valence-electron chi connectivity index (χ2n) is 6.27. The second-order valence-corrected chi connectivity index (χ2v) is 7.18. The van der Waals surface area contributed by atoms with Gasteiger partial charge in [0.25, 0.3) is 0 Å². The summed E-state index contributed by atoms with van der Waals surface area (Å²) in [7, 11) is 0. The van der Waals surface area contributed by atoms with Crippen molar-refractivity contribution in [1.82, 2.24) is 0 Å². The fourth-order valence-corrected chi connectivity index (χ4v) is 4.45. The van der Waals surface area contributed by atoms with E-state index in [-0.39, 0.29) is 24.2 Å². The zero-order chi connectivity index (χ0) is 18.8. The molecule has 0 fully saturated rings. The summed E-state index contributed by atoms with van der Waals surface area (Å²) in [6.07, 6.45) is 5.59. The SMILES string of the molecule is C#CCOc1ccc([C@@H]2CC(=O)Nc3c(-c4cccc(F)c4)csc32)cc1. The van der Waals surface area contributed by atoms with Crippen LogP contribution >= 0.6 is 11.3 Å². The van der Waals surface area contributed by atoms with Crippen LogP contribution in [0.25, 0.3) is 11.1 Å². The molecule has 0 bridgehead atoms. The summed E-state index contributed by atoms with van der Waals surface area (Å²) in [4.78, 5) is 13.4. The van der Waals surface area contributed by atoms with Gasteiger partial charge in [-0.25, -0.2) is 4.39 Å². The molecule has 4 rings (SSSR count). The maximum Gasteiger partial charge on any atom is 0.225 e. The summed E-state index contributed by atoms with van der Waals surface area (Å²) in [5.41, 5.74) is 3.42. The van der Waals surface area contributed by atoms with E-state index in [1.807, 2.05) is 35.7 Å². The number of carbonyl (C=O) groups excluding carboxylic acids is 1. The van der Waals surface area contributed by atoms with Gasteiger partial charge in [-0.3, -0.25) is 4.79 Å². The molecule has 1 aromatic heterocycles. The Labute approximate surface area is 160 Å². The Hall–Kier alpha value is -3.10. The third-order valence-corrected chi connectivity index (χ3v) is 5.63. The van der Waals surface area contributed by atoms with Crippen LogP contribution in [0.4, 0.5) is 10.1 Å². The molecule has 3 aromatic rings. The summed E-state index contributed by atoms with van der Waals surface area (Å²) < 4.78 is 19.0. The van der Waals surface area contributed by atoms with E-state index in [1.54, 1.807) is 17.4 Å². The predicted octanol–water partition coefficient (Wildman–Crippen LogP) is 5.04. The minimum atomic E-state index is -0.298. The number of carbonyl (C=O) groups is 1. The normalized spacial score (nSPS) is 15.6. The fraction of sp³-hybridized carbons (Fsp3) is 0.136. The quantitative estimate of drug-likeness (QED) is 0.647. The van der Waals surface area contributed by atoms with Crippen LogP contribution in [0.2, 0.25) is 0 Å². The van der Waals surface area contributed by atoms with Crippen molar-refractivity contribution < 1.29 is 13.9 Å². The van der Waals surface area contributed by atoms with Gasteiger partial charge in [0.05, 0.1) is 5.69 Å². The molecule has 2 heterocycles. The van der Waals surface area contributed by atoms with E-state index < -0.39 is 0 Å². The largest absolute Gasteiger partial charge is 0.481 e. The second kappa shape index (κ2) is 7.26. The standard InChI is InChI=1S/C22H16FNO2S/c1-2-10-26-17-8-6-14(7-9-17)18-12-20(25)24-21-19(13-27-22(18)21)15-4-3-5-16(23)11-15/h1,3-9,11,13,18H,10,12H2,(H,24,25)/t18-/m0/s1. The van der Waals surface area contributed by atoms with Crippen molar-refractivity contribution >= 4 is 22.9 Å². The van der Waals surface area contributed by atoms with Gasteiger partial charge in [0.2, 0.25) is 5.91 Å². The number of anilines is 1. The zero-order valence-electron chi connectivity index (χ0n) is 14.4. The van der Waals surface area contributed by atoms with Crippen molar-refractivity contribution in [2.24, 2.45) is 0 Å². The molecule has 27 heavy (non-hydrogen) atoms. The number of hydrogen-bond donors (Lipinski definition) is 1. The van der Waals surface area contributed by atoms with E-state index >= 15 is 0 Å². The van der Waals surface area contributed by atoms with Crippen LogP contribution in [-0.4, -0.2) is 12.5 Å². The van der Waals surface area contributed by atoms with E-state index in [1.165, 1.54) is 12.1 Å². The van der Waals surface area contributed by atoms with Crippen molar-refractivity contribution in [1.29, 1.82) is 0 Å². The maximum atomic E-state index is 13.6. The van der Waals surface area contributed by atoms with Crippen molar-refractivity contribution in [2.75, 3.05) is 11.9 Å². The Kier molecular flexibility index (Phi) is 4.66. The number of hydrogen-bond acceptors (Lipinski definition) is 3. The van der Waals surface area contributed by atoms with E-state index in [4.69, 9.17) is 11.2 Å². The highest BCUT2D eigenvalue weighted by Crippen LogP contribution is 2.46. The minimum Gasteiger partial charge on any atom is -0.481 e. The number of thiophene rings is 1. The van der Waals surface area contributed by atoms with Gasteiger partial charge in [0, 0.05) is 28.2 Å². The number of nitrogens with one attached hydrogen (secondary N) is 1. The number of fused-ring (bicyclic) bond motifs is 1. The molecule has 1 atom stereocenters. The number of rotatable bonds is 4. The van der Waals surface area contributed by atoms with Gasteiger partial charge in [-0.1, -0.05) is 30.2 Å². The van der Waals surface area contributed by atoms with Gasteiger partial charge in [0.15, 0.2) is 0 Å². The molecule has 1 N–H and O–H groups in total. The van der Waals surface area contributed by atoms with E-state index in [9.17, 15) is 9.18 Å². The van der Waals surface area contributed by atoms with Crippen molar-refractivity contribution in [3.8, 4) is 29.2 Å². The molecule has 1 amide bonds. The number of amides is 1. The Morgan fingerprint density at radius 3 is 2.81 bits per heavy atom. The van der Waals surface area contributed by atoms with Gasteiger partial charge in [-0.15, -0.1) is 17.8 Å². The lowest BCUT2D eigenvalue weighted by Gasteiger charge is -2.24. The molecule has 0 radical (unpaired) electrons. The molecule has 0 saturated heterocycles. The lowest BCUT2D eigenvalue weighted by Crippen LogP contribution is -2.22. The van der Waals surface area contributed by atoms with Crippen LogP contribution in [-0.2, 0) is 4.79 Å². The fourth-order valence-electron chi connectivity index (χ4n) is 3.29. The van der Waals surface area contributed by atoms with Crippen LogP contribution in [0.3, 0.4) is 0 Å². The van der Waals surface area contributed by atoms with E-state index in [2.05, 4.69) is 11.2 Å². The molecule has 1 aliphatic heterocycles. The lowest BCUT2D eigenvalue weighted by atomic mass is 9.89. The van der Waals surface area contributed by atoms with Gasteiger partial charge >= 0.3 is 0 Å². The van der Waals surface area contributed by atoms with Crippen molar-refractivity contribution in [2.45, 2.75) is 12.3 Å². The third-order valence-electron chi connectivity index (χ3n) is 4.53. The molecule has 0 aliphatic carbocycles. The molecule has 0 saturated carbocycles. The summed E-state index contributed by atoms with van der Waals surface area (Å²) in [6, 6.07) is 14.1. The number of benzene rings is 2. The van der Waals surface area contributed by atoms with Gasteiger partial charge < -0.3 is 10.1 Å². The maximum absolute atomic E-state index is 13.6. The van der Waals surface area contributed by atoms with Crippen LogP contribution < -0.4 is 10.1 Å². The number of halogens is 1. The monoisotopic (exact) mass is 377 g/mol. The first-order valence-corrected chi connectivity index (χ1v) is 9.37. The average Bonchev–Trinajstić information content (AvgIpc) is 3.10. The van der Waals surface area contributed by atoms with Gasteiger partial charge in [-0.2, -0.15) is 0 Å². The molecular formula is C22H16FNO2S. The van der Waals surface area contributed by atoms with Crippen LogP contribution in [0.1, 0.15) is 22.8 Å². The summed E-state index contributed by atoms with van der Waals surface area (Å²) in [5, 5.41) is 4.94. The first-order chi connectivity index (χ1) is 13.2.